The Labute approximate surface area is 175 Å². The van der Waals surface area contributed by atoms with Crippen LogP contribution in [0.25, 0.3) is 5.69 Å². The molecule has 0 radical (unpaired) electrons. The van der Waals surface area contributed by atoms with Crippen LogP contribution >= 0.6 is 0 Å². The molecule has 2 aromatic carbocycles. The second-order valence-electron chi connectivity index (χ2n) is 8.17. The molecule has 2 aliphatic carbocycles. The quantitative estimate of drug-likeness (QED) is 0.672. The molecule has 5 rings (SSSR count). The van der Waals surface area contributed by atoms with E-state index in [-0.39, 0.29) is 17.7 Å². The Kier molecular flexibility index (Phi) is 4.62. The molecule has 1 aromatic heterocycles. The number of amides is 2. The lowest BCUT2D eigenvalue weighted by Crippen LogP contribution is -2.16. The third-order valence-corrected chi connectivity index (χ3v) is 5.76. The average molecular weight is 400 g/mol. The number of hydrogen-bond acceptors (Lipinski definition) is 3. The summed E-state index contributed by atoms with van der Waals surface area (Å²) in [5.74, 6) is -0.0330. The second kappa shape index (κ2) is 7.44. The zero-order valence-corrected chi connectivity index (χ0v) is 16.9. The minimum atomic E-state index is -0.218. The van der Waals surface area contributed by atoms with E-state index >= 15 is 0 Å². The molecule has 1 fully saturated rings. The van der Waals surface area contributed by atoms with E-state index in [1.807, 2.05) is 35.0 Å². The maximum absolute atomic E-state index is 13.1. The number of carbonyl (C=O) groups is 2. The highest BCUT2D eigenvalue weighted by Gasteiger charge is 2.30. The Morgan fingerprint density at radius 3 is 2.47 bits per heavy atom. The lowest BCUT2D eigenvalue weighted by molar-refractivity contribution is -0.117. The summed E-state index contributed by atoms with van der Waals surface area (Å²) in [6, 6.07) is 15.5. The van der Waals surface area contributed by atoms with Crippen LogP contribution in [0.4, 0.5) is 11.4 Å². The predicted octanol–water partition coefficient (Wildman–Crippen LogP) is 4.27. The van der Waals surface area contributed by atoms with Gasteiger partial charge in [-0.25, -0.2) is 4.68 Å². The lowest BCUT2D eigenvalue weighted by Gasteiger charge is -2.08. The fourth-order valence-electron chi connectivity index (χ4n) is 3.97. The second-order valence-corrected chi connectivity index (χ2v) is 8.17. The minimum Gasteiger partial charge on any atom is -0.326 e. The van der Waals surface area contributed by atoms with Gasteiger partial charge in [0, 0.05) is 28.6 Å². The summed E-state index contributed by atoms with van der Waals surface area (Å²) in [7, 11) is 0. The Morgan fingerprint density at radius 2 is 1.73 bits per heavy atom. The molecule has 0 spiro atoms. The standard InChI is InChI=1S/C24H24N4O2/c1-15-8-12-19(13-9-15)28-21-7-3-6-20(21)22(27-28)24(30)26-18-5-2-4-17(14-18)25-23(29)16-10-11-16/h2,4-5,8-9,12-14,16H,3,6-7,10-11H2,1H3,(H,25,29)(H,26,30). The van der Waals surface area contributed by atoms with Crippen molar-refractivity contribution >= 4 is 23.2 Å². The summed E-state index contributed by atoms with van der Waals surface area (Å²) < 4.78 is 1.91. The summed E-state index contributed by atoms with van der Waals surface area (Å²) >= 11 is 0. The Bertz CT molecular complexity index is 1130. The fourth-order valence-corrected chi connectivity index (χ4v) is 3.97. The molecule has 0 atom stereocenters. The van der Waals surface area contributed by atoms with E-state index in [0.717, 1.165) is 49.0 Å². The lowest BCUT2D eigenvalue weighted by atomic mass is 10.2. The van der Waals surface area contributed by atoms with Crippen LogP contribution in [0.3, 0.4) is 0 Å². The topological polar surface area (TPSA) is 76.0 Å². The van der Waals surface area contributed by atoms with Gasteiger partial charge >= 0.3 is 0 Å². The molecule has 0 bridgehead atoms. The molecule has 3 aromatic rings. The van der Waals surface area contributed by atoms with Crippen LogP contribution in [-0.2, 0) is 17.6 Å². The minimum absolute atomic E-state index is 0.0492. The van der Waals surface area contributed by atoms with Gasteiger partial charge in [-0.05, 0) is 69.4 Å². The first-order valence-electron chi connectivity index (χ1n) is 10.5. The van der Waals surface area contributed by atoms with Crippen molar-refractivity contribution < 1.29 is 9.59 Å². The SMILES string of the molecule is Cc1ccc(-n2nc(C(=O)Nc3cccc(NC(=O)C4CC4)c3)c3c2CCC3)cc1. The van der Waals surface area contributed by atoms with Gasteiger partial charge in [-0.3, -0.25) is 9.59 Å². The zero-order valence-electron chi connectivity index (χ0n) is 16.9. The van der Waals surface area contributed by atoms with E-state index in [9.17, 15) is 9.59 Å². The zero-order chi connectivity index (χ0) is 20.7. The average Bonchev–Trinajstić information content (AvgIpc) is 3.37. The highest BCUT2D eigenvalue weighted by atomic mass is 16.2. The van der Waals surface area contributed by atoms with Gasteiger partial charge in [-0.15, -0.1) is 0 Å². The van der Waals surface area contributed by atoms with E-state index in [4.69, 9.17) is 0 Å². The van der Waals surface area contributed by atoms with E-state index in [0.29, 0.717) is 17.1 Å². The number of hydrogen-bond donors (Lipinski definition) is 2. The maximum Gasteiger partial charge on any atom is 0.276 e. The largest absolute Gasteiger partial charge is 0.326 e. The fraction of sp³-hybridized carbons (Fsp3) is 0.292. The number of anilines is 2. The van der Waals surface area contributed by atoms with Crippen LogP contribution < -0.4 is 10.6 Å². The number of fused-ring (bicyclic) bond motifs is 1. The van der Waals surface area contributed by atoms with Crippen molar-refractivity contribution in [2.24, 2.45) is 5.92 Å². The van der Waals surface area contributed by atoms with Gasteiger partial charge in [0.05, 0.1) is 5.69 Å². The smallest absolute Gasteiger partial charge is 0.276 e. The first-order chi connectivity index (χ1) is 14.6. The maximum atomic E-state index is 13.1. The van der Waals surface area contributed by atoms with Crippen molar-refractivity contribution in [3.8, 4) is 5.69 Å². The molecular weight excluding hydrogens is 376 g/mol. The first-order valence-corrected chi connectivity index (χ1v) is 10.5. The summed E-state index contributed by atoms with van der Waals surface area (Å²) in [6.07, 6.45) is 4.73. The molecule has 0 saturated heterocycles. The third-order valence-electron chi connectivity index (χ3n) is 5.76. The van der Waals surface area contributed by atoms with Crippen molar-refractivity contribution in [2.45, 2.75) is 39.0 Å². The number of nitrogens with one attached hydrogen (secondary N) is 2. The summed E-state index contributed by atoms with van der Waals surface area (Å²) in [4.78, 5) is 25.1. The van der Waals surface area contributed by atoms with Crippen molar-refractivity contribution in [1.82, 2.24) is 9.78 Å². The molecule has 2 N–H and O–H groups in total. The normalized spacial score (nSPS) is 15.0. The van der Waals surface area contributed by atoms with E-state index < -0.39 is 0 Å². The van der Waals surface area contributed by atoms with Gasteiger partial charge in [0.15, 0.2) is 5.69 Å². The Morgan fingerprint density at radius 1 is 1.00 bits per heavy atom. The molecule has 6 nitrogen and oxygen atoms in total. The Balaban J connectivity index is 1.38. The number of aromatic nitrogens is 2. The van der Waals surface area contributed by atoms with Crippen LogP contribution in [-0.4, -0.2) is 21.6 Å². The summed E-state index contributed by atoms with van der Waals surface area (Å²) in [5.41, 5.74) is 6.14. The van der Waals surface area contributed by atoms with Gasteiger partial charge in [-0.1, -0.05) is 23.8 Å². The summed E-state index contributed by atoms with van der Waals surface area (Å²) in [6.45, 7) is 2.05. The molecule has 30 heavy (non-hydrogen) atoms. The molecule has 0 unspecified atom stereocenters. The number of carbonyl (C=O) groups excluding carboxylic acids is 2. The van der Waals surface area contributed by atoms with Crippen molar-refractivity contribution in [2.75, 3.05) is 10.6 Å². The van der Waals surface area contributed by atoms with Gasteiger partial charge in [0.1, 0.15) is 0 Å². The number of benzene rings is 2. The molecular formula is C24H24N4O2. The van der Waals surface area contributed by atoms with E-state index in [2.05, 4.69) is 34.8 Å². The molecule has 152 valence electrons. The molecule has 0 aliphatic heterocycles. The molecule has 2 amide bonds. The summed E-state index contributed by atoms with van der Waals surface area (Å²) in [5, 5.41) is 10.5. The van der Waals surface area contributed by atoms with E-state index in [1.54, 1.807) is 6.07 Å². The number of aryl methyl sites for hydroxylation is 1. The molecule has 1 heterocycles. The van der Waals surface area contributed by atoms with Gasteiger partial charge in [0.2, 0.25) is 5.91 Å². The van der Waals surface area contributed by atoms with Gasteiger partial charge < -0.3 is 10.6 Å². The third kappa shape index (κ3) is 3.61. The molecule has 1 saturated carbocycles. The van der Waals surface area contributed by atoms with Crippen LogP contribution in [0.15, 0.2) is 48.5 Å². The number of rotatable bonds is 5. The molecule has 2 aliphatic rings. The Hall–Kier alpha value is -3.41. The number of nitrogens with zero attached hydrogens (tertiary/aromatic N) is 2. The van der Waals surface area contributed by atoms with Crippen LogP contribution in [0.1, 0.15) is 46.6 Å². The predicted molar refractivity (Wildman–Crippen MR) is 116 cm³/mol. The first kappa shape index (κ1) is 18.6. The van der Waals surface area contributed by atoms with Crippen molar-refractivity contribution in [3.63, 3.8) is 0 Å². The monoisotopic (exact) mass is 400 g/mol. The van der Waals surface area contributed by atoms with Crippen LogP contribution in [0, 0.1) is 12.8 Å². The van der Waals surface area contributed by atoms with Gasteiger partial charge in [0.25, 0.3) is 5.91 Å². The van der Waals surface area contributed by atoms with Gasteiger partial charge in [-0.2, -0.15) is 5.10 Å². The van der Waals surface area contributed by atoms with Crippen LogP contribution in [0.2, 0.25) is 0 Å². The highest BCUT2D eigenvalue weighted by molar-refractivity contribution is 6.04. The van der Waals surface area contributed by atoms with E-state index in [1.165, 1.54) is 5.56 Å². The van der Waals surface area contributed by atoms with Crippen LogP contribution in [0.5, 0.6) is 0 Å². The highest BCUT2D eigenvalue weighted by Crippen LogP contribution is 2.31. The van der Waals surface area contributed by atoms with Crippen molar-refractivity contribution in [1.29, 1.82) is 0 Å². The molecule has 6 heteroatoms. The van der Waals surface area contributed by atoms with Crippen molar-refractivity contribution in [3.05, 3.63) is 71.0 Å².